The van der Waals surface area contributed by atoms with Crippen LogP contribution in [-0.2, 0) is 7.05 Å². The predicted molar refractivity (Wildman–Crippen MR) is 141 cm³/mol. The van der Waals surface area contributed by atoms with Crippen LogP contribution in [0.1, 0.15) is 20.3 Å². The van der Waals surface area contributed by atoms with E-state index in [0.29, 0.717) is 0 Å². The molecule has 2 atom stereocenters. The molecule has 1 aliphatic rings. The highest BCUT2D eigenvalue weighted by Gasteiger charge is 2.28. The van der Waals surface area contributed by atoms with Crippen molar-refractivity contribution in [3.8, 4) is 22.6 Å². The van der Waals surface area contributed by atoms with Crippen molar-refractivity contribution in [1.29, 1.82) is 0 Å². The monoisotopic (exact) mass is 462 g/mol. The largest absolute Gasteiger partial charge is 0.490 e. The van der Waals surface area contributed by atoms with Gasteiger partial charge < -0.3 is 19.2 Å². The van der Waals surface area contributed by atoms with E-state index in [2.05, 4.69) is 67.9 Å². The number of rotatable bonds is 0. The van der Waals surface area contributed by atoms with Crippen molar-refractivity contribution in [3.05, 3.63) is 72.8 Å². The molecular formula is C30H26N2O3. The predicted octanol–water partition coefficient (Wildman–Crippen LogP) is 7.28. The summed E-state index contributed by atoms with van der Waals surface area (Å²) in [5, 5.41) is 15.7. The number of aryl methyl sites for hydroxylation is 1. The van der Waals surface area contributed by atoms with Crippen LogP contribution in [-0.4, -0.2) is 26.7 Å². The molecule has 2 aromatic heterocycles. The smallest absolute Gasteiger partial charge is 0.129 e. The summed E-state index contributed by atoms with van der Waals surface area (Å²) in [6.45, 7) is 4.16. The lowest BCUT2D eigenvalue weighted by Crippen LogP contribution is -2.22. The summed E-state index contributed by atoms with van der Waals surface area (Å²) in [5.41, 5.74) is 5.58. The summed E-state index contributed by atoms with van der Waals surface area (Å²) in [6, 6.07) is 24.7. The summed E-state index contributed by atoms with van der Waals surface area (Å²) in [6.07, 6.45) is 0.683. The molecule has 35 heavy (non-hydrogen) atoms. The lowest BCUT2D eigenvalue weighted by molar-refractivity contribution is 0.134. The molecule has 7 rings (SSSR count). The van der Waals surface area contributed by atoms with Crippen LogP contribution in [0.15, 0.2) is 72.8 Å². The fraction of sp³-hybridized carbons (Fsp3) is 0.200. The maximum atomic E-state index is 11.5. The second kappa shape index (κ2) is 7.19. The average Bonchev–Trinajstić information content (AvgIpc) is 3.32. The number of aromatic nitrogens is 2. The minimum Gasteiger partial charge on any atom is -0.490 e. The van der Waals surface area contributed by atoms with Gasteiger partial charge in [-0.1, -0.05) is 36.4 Å². The number of fused-ring (bicyclic) bond motifs is 11. The minimum absolute atomic E-state index is 0.0269. The molecule has 4 aromatic carbocycles. The van der Waals surface area contributed by atoms with Crippen LogP contribution in [0.4, 0.5) is 0 Å². The topological polar surface area (TPSA) is 48.5 Å². The maximum absolute atomic E-state index is 11.5. The summed E-state index contributed by atoms with van der Waals surface area (Å²) < 4.78 is 16.7. The van der Waals surface area contributed by atoms with Gasteiger partial charge in [-0.2, -0.15) is 4.73 Å². The Morgan fingerprint density at radius 3 is 2.09 bits per heavy atom. The second-order valence-electron chi connectivity index (χ2n) is 9.67. The Hall–Kier alpha value is -4.12. The first-order valence-corrected chi connectivity index (χ1v) is 12.1. The molecule has 6 aromatic rings. The molecule has 174 valence electrons. The first-order valence-electron chi connectivity index (χ1n) is 12.1. The Labute approximate surface area is 202 Å². The van der Waals surface area contributed by atoms with Crippen molar-refractivity contribution in [2.45, 2.75) is 32.5 Å². The average molecular weight is 463 g/mol. The number of benzene rings is 4. The highest BCUT2D eigenvalue weighted by molar-refractivity contribution is 6.21. The van der Waals surface area contributed by atoms with Gasteiger partial charge in [-0.3, -0.25) is 0 Å². The number of ether oxygens (including phenoxy) is 2. The normalized spacial score (nSPS) is 18.0. The van der Waals surface area contributed by atoms with Gasteiger partial charge in [-0.15, -0.1) is 0 Å². The first kappa shape index (κ1) is 20.3. The summed E-state index contributed by atoms with van der Waals surface area (Å²) >= 11 is 0. The molecular weight excluding hydrogens is 436 g/mol. The third-order valence-corrected chi connectivity index (χ3v) is 7.39. The summed E-state index contributed by atoms with van der Waals surface area (Å²) in [4.78, 5) is 0. The van der Waals surface area contributed by atoms with Crippen molar-refractivity contribution in [2.24, 2.45) is 7.05 Å². The van der Waals surface area contributed by atoms with Gasteiger partial charge >= 0.3 is 0 Å². The molecule has 0 saturated heterocycles. The van der Waals surface area contributed by atoms with Crippen molar-refractivity contribution in [2.75, 3.05) is 0 Å². The van der Waals surface area contributed by atoms with E-state index in [-0.39, 0.29) is 12.2 Å². The Balaban J connectivity index is 1.74. The lowest BCUT2D eigenvalue weighted by atomic mass is 9.95. The zero-order valence-electron chi connectivity index (χ0n) is 19.9. The van der Waals surface area contributed by atoms with Crippen molar-refractivity contribution >= 4 is 43.6 Å². The molecule has 0 spiro atoms. The molecule has 5 heteroatoms. The Morgan fingerprint density at radius 2 is 1.31 bits per heavy atom. The molecule has 5 nitrogen and oxygen atoms in total. The van der Waals surface area contributed by atoms with Crippen molar-refractivity contribution < 1.29 is 14.7 Å². The number of hydrogen-bond acceptors (Lipinski definition) is 3. The standard InChI is InChI=1S/C30H26N2O3/c1-17-16-18(2)35-26-14-12-20-19-8-4-7-11-23(19)32(33)30(20)29(26)28-25(34-17)15-13-24-27(28)21-9-5-6-10-22(21)31(24)3/h4-15,17-18,33H,16H2,1-3H3. The van der Waals surface area contributed by atoms with Crippen LogP contribution < -0.4 is 9.47 Å². The molecule has 0 fully saturated rings. The van der Waals surface area contributed by atoms with Gasteiger partial charge in [0.2, 0.25) is 0 Å². The Morgan fingerprint density at radius 1 is 0.686 bits per heavy atom. The molecule has 2 unspecified atom stereocenters. The van der Waals surface area contributed by atoms with E-state index >= 15 is 0 Å². The molecule has 0 bridgehead atoms. The number of para-hydroxylation sites is 2. The SMILES string of the molecule is CC1CC(C)Oc2ccc3c4ccccc4n(O)c3c2-c2c(ccc3c2c2ccccc2n3C)O1. The Bertz CT molecular complexity index is 1790. The third kappa shape index (κ3) is 2.75. The van der Waals surface area contributed by atoms with Gasteiger partial charge in [0, 0.05) is 51.6 Å². The molecule has 0 aliphatic carbocycles. The highest BCUT2D eigenvalue weighted by atomic mass is 16.5. The summed E-state index contributed by atoms with van der Waals surface area (Å²) in [5.74, 6) is 1.56. The molecule has 1 N–H and O–H groups in total. The van der Waals surface area contributed by atoms with E-state index in [1.165, 1.54) is 4.73 Å². The van der Waals surface area contributed by atoms with E-state index in [1.54, 1.807) is 0 Å². The fourth-order valence-electron chi connectivity index (χ4n) is 5.93. The highest BCUT2D eigenvalue weighted by Crippen LogP contribution is 2.50. The third-order valence-electron chi connectivity index (χ3n) is 7.39. The molecule has 3 heterocycles. The quantitative estimate of drug-likeness (QED) is 0.241. The van der Waals surface area contributed by atoms with Gasteiger partial charge in [0.25, 0.3) is 0 Å². The van der Waals surface area contributed by atoms with Crippen LogP contribution in [0.5, 0.6) is 11.5 Å². The molecule has 0 amide bonds. The lowest BCUT2D eigenvalue weighted by Gasteiger charge is -2.18. The first-order chi connectivity index (χ1) is 17.0. The van der Waals surface area contributed by atoms with Gasteiger partial charge in [0.15, 0.2) is 0 Å². The number of hydrogen-bond donors (Lipinski definition) is 1. The Kier molecular flexibility index (Phi) is 4.16. The van der Waals surface area contributed by atoms with E-state index in [4.69, 9.17) is 9.47 Å². The van der Waals surface area contributed by atoms with Crippen LogP contribution >= 0.6 is 0 Å². The van der Waals surface area contributed by atoms with Crippen molar-refractivity contribution in [1.82, 2.24) is 9.30 Å². The molecule has 0 radical (unpaired) electrons. The van der Waals surface area contributed by atoms with Gasteiger partial charge in [-0.05, 0) is 50.2 Å². The number of nitrogens with zero attached hydrogens (tertiary/aromatic N) is 2. The molecule has 0 saturated carbocycles. The van der Waals surface area contributed by atoms with E-state index in [9.17, 15) is 5.21 Å². The maximum Gasteiger partial charge on any atom is 0.129 e. The van der Waals surface area contributed by atoms with E-state index < -0.39 is 0 Å². The zero-order valence-corrected chi connectivity index (χ0v) is 19.9. The second-order valence-corrected chi connectivity index (χ2v) is 9.67. The van der Waals surface area contributed by atoms with Crippen LogP contribution in [0.25, 0.3) is 54.7 Å². The van der Waals surface area contributed by atoms with Crippen molar-refractivity contribution in [3.63, 3.8) is 0 Å². The zero-order chi connectivity index (χ0) is 23.8. The van der Waals surface area contributed by atoms with Gasteiger partial charge in [0.05, 0.1) is 28.8 Å². The van der Waals surface area contributed by atoms with Crippen LogP contribution in [0.2, 0.25) is 0 Å². The minimum atomic E-state index is -0.0463. The van der Waals surface area contributed by atoms with E-state index in [1.807, 2.05) is 30.3 Å². The van der Waals surface area contributed by atoms with E-state index in [0.717, 1.165) is 72.7 Å². The van der Waals surface area contributed by atoms with Gasteiger partial charge in [-0.25, -0.2) is 0 Å². The van der Waals surface area contributed by atoms with Gasteiger partial charge in [0.1, 0.15) is 11.5 Å². The van der Waals surface area contributed by atoms with Crippen LogP contribution in [0.3, 0.4) is 0 Å². The van der Waals surface area contributed by atoms with Crippen LogP contribution in [0, 0.1) is 0 Å². The fourth-order valence-corrected chi connectivity index (χ4v) is 5.93. The summed E-state index contributed by atoms with van der Waals surface area (Å²) in [7, 11) is 2.10. The molecule has 1 aliphatic heterocycles.